The van der Waals surface area contributed by atoms with Crippen LogP contribution in [0.15, 0.2) is 71.9 Å². The molecule has 19 heteroatoms. The Bertz CT molecular complexity index is 2790. The van der Waals surface area contributed by atoms with Crippen molar-refractivity contribution in [3.8, 4) is 17.4 Å². The van der Waals surface area contributed by atoms with Crippen LogP contribution in [0, 0.1) is 21.3 Å². The number of methoxy groups -OCH3 is 1. The highest BCUT2D eigenvalue weighted by Gasteiger charge is 2.49. The Morgan fingerprint density at radius 2 is 1.86 bits per heavy atom. The Hall–Kier alpha value is -5.89. The van der Waals surface area contributed by atoms with Crippen LogP contribution in [0.1, 0.15) is 119 Å². The molecule has 5 aromatic rings. The van der Waals surface area contributed by atoms with E-state index in [4.69, 9.17) is 14.2 Å². The third kappa shape index (κ3) is 11.2. The summed E-state index contributed by atoms with van der Waals surface area (Å²) < 4.78 is 62.1. The van der Waals surface area contributed by atoms with Crippen molar-refractivity contribution in [3.63, 3.8) is 0 Å². The molecule has 17 nitrogen and oxygen atoms in total. The van der Waals surface area contributed by atoms with Gasteiger partial charge in [0.15, 0.2) is 5.75 Å². The van der Waals surface area contributed by atoms with Crippen LogP contribution in [0.5, 0.6) is 17.4 Å². The molecule has 0 unspecified atom stereocenters. The van der Waals surface area contributed by atoms with Gasteiger partial charge in [-0.1, -0.05) is 51.5 Å². The van der Waals surface area contributed by atoms with E-state index in [2.05, 4.69) is 68.2 Å². The van der Waals surface area contributed by atoms with E-state index in [0.29, 0.717) is 50.1 Å². The number of aromatic nitrogens is 3. The van der Waals surface area contributed by atoms with Gasteiger partial charge in [0.2, 0.25) is 5.82 Å². The topological polar surface area (TPSA) is 214 Å². The fourth-order valence-corrected chi connectivity index (χ4v) is 11.2. The van der Waals surface area contributed by atoms with Crippen molar-refractivity contribution < 1.29 is 41.8 Å². The molecule has 0 radical (unpaired) electrons. The number of benzene rings is 2. The normalized spacial score (nSPS) is 19.0. The Morgan fingerprint density at radius 1 is 1.09 bits per heavy atom. The van der Waals surface area contributed by atoms with E-state index in [9.17, 15) is 32.8 Å². The molecule has 5 heterocycles. The van der Waals surface area contributed by atoms with Gasteiger partial charge in [0, 0.05) is 76.0 Å². The lowest BCUT2D eigenvalue weighted by Crippen LogP contribution is -2.63. The van der Waals surface area contributed by atoms with Gasteiger partial charge in [-0.15, -0.1) is 0 Å². The van der Waals surface area contributed by atoms with Crippen LogP contribution >= 0.6 is 0 Å². The lowest BCUT2D eigenvalue weighted by molar-refractivity contribution is -0.384. The van der Waals surface area contributed by atoms with E-state index in [1.807, 2.05) is 11.6 Å². The molecule has 3 aliphatic rings. The second-order valence-corrected chi connectivity index (χ2v) is 21.4. The van der Waals surface area contributed by atoms with Gasteiger partial charge in [0.25, 0.3) is 21.8 Å². The molecule has 2 saturated heterocycles. The molecule has 1 saturated carbocycles. The highest BCUT2D eigenvalue weighted by molar-refractivity contribution is 7.90. The molecule has 1 aliphatic carbocycles. The summed E-state index contributed by atoms with van der Waals surface area (Å²) in [6, 6.07) is 16.5. The maximum absolute atomic E-state index is 15.0. The number of aromatic amines is 1. The number of carbonyl (C=O) groups excluding carboxylic acids is 1. The molecule has 4 N–H and O–H groups in total. The molecule has 3 aromatic heterocycles. The summed E-state index contributed by atoms with van der Waals surface area (Å²) in [7, 11) is -3.23. The average Bonchev–Trinajstić information content (AvgIpc) is 3.96. The predicted molar refractivity (Wildman–Crippen MR) is 265 cm³/mol. The van der Waals surface area contributed by atoms with Crippen LogP contribution in [-0.2, 0) is 14.8 Å². The number of halogens is 1. The lowest BCUT2D eigenvalue weighted by atomic mass is 9.70. The zero-order valence-electron chi connectivity index (χ0n) is 40.6. The molecular formula is C51H65FN8O9S. The number of anilines is 2. The number of aliphatic hydroxyl groups is 1. The van der Waals surface area contributed by atoms with E-state index in [-0.39, 0.29) is 58.4 Å². The Morgan fingerprint density at radius 3 is 2.59 bits per heavy atom. The van der Waals surface area contributed by atoms with Crippen LogP contribution in [0.25, 0.3) is 11.0 Å². The largest absolute Gasteiger partial charge is 0.473 e. The van der Waals surface area contributed by atoms with Gasteiger partial charge < -0.3 is 34.5 Å². The number of hydrogen-bond donors (Lipinski definition) is 4. The van der Waals surface area contributed by atoms with Gasteiger partial charge in [-0.25, -0.2) is 22.5 Å². The van der Waals surface area contributed by atoms with Gasteiger partial charge >= 0.3 is 5.69 Å². The average molecular weight is 985 g/mol. The number of nitrogens with one attached hydrogen (secondary N) is 3. The van der Waals surface area contributed by atoms with Crippen molar-refractivity contribution in [1.29, 1.82) is 0 Å². The van der Waals surface area contributed by atoms with Crippen molar-refractivity contribution in [2.45, 2.75) is 114 Å². The number of nitro groups is 1. The minimum Gasteiger partial charge on any atom is -0.473 e. The molecule has 0 bridgehead atoms. The number of ether oxygens (including phenoxy) is 3. The number of hydrogen-bond acceptors (Lipinski definition) is 14. The van der Waals surface area contributed by atoms with E-state index < -0.39 is 42.9 Å². The number of unbranched alkanes of at least 4 members (excludes halogenated alkanes) is 1. The fourth-order valence-electron chi connectivity index (χ4n) is 10.3. The molecule has 1 spiro atoms. The minimum absolute atomic E-state index is 0.0256. The summed E-state index contributed by atoms with van der Waals surface area (Å²) in [5, 5.41) is 25.4. The number of H-pyrrole nitrogens is 1. The van der Waals surface area contributed by atoms with Crippen molar-refractivity contribution in [3.05, 3.63) is 99.6 Å². The zero-order valence-corrected chi connectivity index (χ0v) is 41.4. The SMILES string of the molecule is CC[C@@](C)(O)CCCCNc1ncc(S(=O)(=O)NC(=O)c2ccc(N3CCC4(CC3)CN([C@H]3CCC[C@H]3c3ccccc3C(C)C)C4)cc2Oc2cc3c(F)c[nH]c3nc2OCCOC)cc1[N+](=O)[O-]. The first-order valence-corrected chi connectivity index (χ1v) is 25.9. The third-order valence-corrected chi connectivity index (χ3v) is 15.8. The minimum atomic E-state index is -4.74. The monoisotopic (exact) mass is 984 g/mol. The summed E-state index contributed by atoms with van der Waals surface area (Å²) >= 11 is 0. The molecule has 3 fully saturated rings. The molecular weight excluding hydrogens is 920 g/mol. The molecule has 70 heavy (non-hydrogen) atoms. The first-order valence-electron chi connectivity index (χ1n) is 24.4. The molecule has 3 atom stereocenters. The molecule has 2 aromatic carbocycles. The number of sulfonamides is 1. The summed E-state index contributed by atoms with van der Waals surface area (Å²) in [4.78, 5) is 41.1. The number of likely N-dealkylation sites (tertiary alicyclic amines) is 1. The van der Waals surface area contributed by atoms with Gasteiger partial charge in [-0.2, -0.15) is 4.98 Å². The van der Waals surface area contributed by atoms with E-state index in [0.717, 1.165) is 63.2 Å². The van der Waals surface area contributed by atoms with Crippen LogP contribution in [0.3, 0.4) is 0 Å². The molecule has 8 rings (SSSR count). The number of fused-ring (bicyclic) bond motifs is 1. The van der Waals surface area contributed by atoms with Gasteiger partial charge in [0.05, 0.1) is 34.3 Å². The van der Waals surface area contributed by atoms with Crippen molar-refractivity contribution in [2.75, 3.05) is 63.3 Å². The zero-order chi connectivity index (χ0) is 49.8. The van der Waals surface area contributed by atoms with Gasteiger partial charge in [-0.3, -0.25) is 19.8 Å². The number of pyridine rings is 2. The van der Waals surface area contributed by atoms with Crippen LogP contribution in [0.4, 0.5) is 21.6 Å². The molecule has 1 amide bonds. The van der Waals surface area contributed by atoms with Gasteiger partial charge in [-0.05, 0) is 98.8 Å². The van der Waals surface area contributed by atoms with Crippen molar-refractivity contribution in [2.24, 2.45) is 5.41 Å². The fraction of sp³-hybridized carbons (Fsp3) is 0.510. The molecule has 2 aliphatic heterocycles. The number of carbonyl (C=O) groups is 1. The molecule has 376 valence electrons. The third-order valence-electron chi connectivity index (χ3n) is 14.5. The number of piperidine rings is 1. The summed E-state index contributed by atoms with van der Waals surface area (Å²) in [5.74, 6) is -0.951. The quantitative estimate of drug-likeness (QED) is 0.0307. The van der Waals surface area contributed by atoms with E-state index in [1.54, 1.807) is 19.1 Å². The summed E-state index contributed by atoms with van der Waals surface area (Å²) in [6.07, 6.45) is 10.00. The van der Waals surface area contributed by atoms with E-state index >= 15 is 0 Å². The first kappa shape index (κ1) is 50.5. The van der Waals surface area contributed by atoms with Crippen molar-refractivity contribution >= 4 is 44.2 Å². The smallest absolute Gasteiger partial charge is 0.312 e. The van der Waals surface area contributed by atoms with Crippen LogP contribution < -0.4 is 24.4 Å². The Kier molecular flexibility index (Phi) is 15.3. The Balaban J connectivity index is 1.01. The highest BCUT2D eigenvalue weighted by Crippen LogP contribution is 2.49. The number of nitrogens with zero attached hydrogens (tertiary/aromatic N) is 5. The highest BCUT2D eigenvalue weighted by atomic mass is 32.2. The maximum Gasteiger partial charge on any atom is 0.312 e. The first-order chi connectivity index (χ1) is 33.5. The number of amides is 1. The summed E-state index contributed by atoms with van der Waals surface area (Å²) in [5.41, 5.74) is 2.45. The van der Waals surface area contributed by atoms with Crippen LogP contribution in [0.2, 0.25) is 0 Å². The second kappa shape index (κ2) is 21.2. The van der Waals surface area contributed by atoms with Crippen LogP contribution in [-0.4, -0.2) is 109 Å². The standard InChI is InChI=1S/C51H65FN8O9S/c1-6-50(4,62)18-9-10-21-53-47-43(60(63)64)27-35(29-54-47)70(65,66)57-48(61)39-17-16-34(26-44(39)69-45-28-40-41(52)30-55-46(40)56-49(45)68-25-24-67-5)58-22-19-51(20-23-58)31-59(32-51)42-15-11-14-38(42)37-13-8-7-12-36(37)33(2)3/h7-8,12-13,16-17,26-30,33,38,42,62H,6,9-11,14-15,18-25,31-32H2,1-5H3,(H,53,54)(H,55,56)(H,57,61)/t38-,42-,50+/m0/s1. The maximum atomic E-state index is 15.0. The van der Waals surface area contributed by atoms with Crippen molar-refractivity contribution in [1.82, 2.24) is 24.6 Å². The van der Waals surface area contributed by atoms with E-state index in [1.165, 1.54) is 49.6 Å². The lowest BCUT2D eigenvalue weighted by Gasteiger charge is -2.57. The number of rotatable bonds is 21. The Labute approximate surface area is 408 Å². The van der Waals surface area contributed by atoms with Gasteiger partial charge in [0.1, 0.15) is 28.7 Å². The second-order valence-electron chi connectivity index (χ2n) is 19.7. The summed E-state index contributed by atoms with van der Waals surface area (Å²) in [6.45, 7) is 12.3. The predicted octanol–water partition coefficient (Wildman–Crippen LogP) is 9.05.